The van der Waals surface area contributed by atoms with Crippen LogP contribution in [0.1, 0.15) is 42.7 Å². The summed E-state index contributed by atoms with van der Waals surface area (Å²) in [5.41, 5.74) is 1.33. The molecule has 0 spiro atoms. The van der Waals surface area contributed by atoms with E-state index in [2.05, 4.69) is 23.7 Å². The fourth-order valence-corrected chi connectivity index (χ4v) is 4.23. The highest BCUT2D eigenvalue weighted by molar-refractivity contribution is 7.10. The Morgan fingerprint density at radius 2 is 2.29 bits per heavy atom. The van der Waals surface area contributed by atoms with E-state index in [1.807, 2.05) is 16.2 Å². The maximum atomic E-state index is 12.4. The zero-order chi connectivity index (χ0) is 14.7. The van der Waals surface area contributed by atoms with Gasteiger partial charge in [0.2, 0.25) is 5.91 Å². The second-order valence-electron chi connectivity index (χ2n) is 5.88. The Morgan fingerprint density at radius 1 is 1.48 bits per heavy atom. The number of rotatable bonds is 4. The standard InChI is InChI=1S/C16H24N2O2S/c1-12-14-6-11-21-15(14)4-9-18(12)16(19)5-10-20-13-2-7-17-8-3-13/h6,11-13,17H,2-5,7-10H2,1H3. The van der Waals surface area contributed by atoms with E-state index >= 15 is 0 Å². The number of piperidine rings is 1. The van der Waals surface area contributed by atoms with Gasteiger partial charge in [0.1, 0.15) is 0 Å². The van der Waals surface area contributed by atoms with Crippen molar-refractivity contribution in [2.45, 2.75) is 44.8 Å². The van der Waals surface area contributed by atoms with Crippen LogP contribution in [0.3, 0.4) is 0 Å². The molecule has 3 rings (SSSR count). The van der Waals surface area contributed by atoms with Crippen molar-refractivity contribution in [3.05, 3.63) is 21.9 Å². The Balaban J connectivity index is 1.47. The minimum atomic E-state index is 0.214. The first-order valence-electron chi connectivity index (χ1n) is 7.94. The van der Waals surface area contributed by atoms with Crippen molar-refractivity contribution < 1.29 is 9.53 Å². The maximum Gasteiger partial charge on any atom is 0.225 e. The van der Waals surface area contributed by atoms with Crippen molar-refractivity contribution in [2.24, 2.45) is 0 Å². The molecule has 1 atom stereocenters. The van der Waals surface area contributed by atoms with Crippen molar-refractivity contribution >= 4 is 17.2 Å². The zero-order valence-electron chi connectivity index (χ0n) is 12.6. The van der Waals surface area contributed by atoms with Crippen LogP contribution in [0, 0.1) is 0 Å². The molecule has 116 valence electrons. The molecule has 0 saturated carbocycles. The lowest BCUT2D eigenvalue weighted by Gasteiger charge is -2.34. The number of amides is 1. The lowest BCUT2D eigenvalue weighted by molar-refractivity contribution is -0.135. The first kappa shape index (κ1) is 15.0. The first-order chi connectivity index (χ1) is 10.3. The van der Waals surface area contributed by atoms with Gasteiger partial charge in [0.15, 0.2) is 0 Å². The molecule has 4 nitrogen and oxygen atoms in total. The van der Waals surface area contributed by atoms with E-state index in [1.54, 1.807) is 0 Å². The van der Waals surface area contributed by atoms with Crippen molar-refractivity contribution in [1.82, 2.24) is 10.2 Å². The minimum absolute atomic E-state index is 0.214. The minimum Gasteiger partial charge on any atom is -0.378 e. The Labute approximate surface area is 130 Å². The van der Waals surface area contributed by atoms with Crippen LogP contribution < -0.4 is 5.32 Å². The molecule has 0 bridgehead atoms. The van der Waals surface area contributed by atoms with Gasteiger partial charge < -0.3 is 15.0 Å². The molecule has 0 aliphatic carbocycles. The Morgan fingerprint density at radius 3 is 3.10 bits per heavy atom. The lowest BCUT2D eigenvalue weighted by Crippen LogP contribution is -2.39. The fraction of sp³-hybridized carbons (Fsp3) is 0.688. The summed E-state index contributed by atoms with van der Waals surface area (Å²) in [6.07, 6.45) is 3.96. The Hall–Kier alpha value is -0.910. The van der Waals surface area contributed by atoms with Gasteiger partial charge in [-0.15, -0.1) is 11.3 Å². The van der Waals surface area contributed by atoms with Crippen LogP contribution in [0.15, 0.2) is 11.4 Å². The molecular formula is C16H24N2O2S. The quantitative estimate of drug-likeness (QED) is 0.928. The van der Waals surface area contributed by atoms with Gasteiger partial charge in [-0.1, -0.05) is 0 Å². The summed E-state index contributed by atoms with van der Waals surface area (Å²) in [5.74, 6) is 0.230. The molecular weight excluding hydrogens is 284 g/mol. The van der Waals surface area contributed by atoms with Crippen molar-refractivity contribution in [3.63, 3.8) is 0 Å². The summed E-state index contributed by atoms with van der Waals surface area (Å²) in [4.78, 5) is 15.9. The molecule has 3 heterocycles. The third kappa shape index (κ3) is 3.47. The van der Waals surface area contributed by atoms with E-state index in [0.717, 1.165) is 38.9 Å². The van der Waals surface area contributed by atoms with Crippen LogP contribution in [-0.4, -0.2) is 43.2 Å². The average Bonchev–Trinajstić information content (AvgIpc) is 2.98. The zero-order valence-corrected chi connectivity index (χ0v) is 13.5. The number of hydrogen-bond donors (Lipinski definition) is 1. The third-order valence-electron chi connectivity index (χ3n) is 4.55. The van der Waals surface area contributed by atoms with Crippen LogP contribution in [0.5, 0.6) is 0 Å². The molecule has 5 heteroatoms. The Kier molecular flexibility index (Phi) is 4.93. The molecule has 1 amide bonds. The predicted octanol–water partition coefficient (Wildman–Crippen LogP) is 2.35. The van der Waals surface area contributed by atoms with Gasteiger partial charge in [0.25, 0.3) is 0 Å². The van der Waals surface area contributed by atoms with E-state index in [1.165, 1.54) is 10.4 Å². The molecule has 21 heavy (non-hydrogen) atoms. The predicted molar refractivity (Wildman–Crippen MR) is 84.6 cm³/mol. The maximum absolute atomic E-state index is 12.4. The summed E-state index contributed by atoms with van der Waals surface area (Å²) in [6, 6.07) is 2.38. The number of ether oxygens (including phenoxy) is 1. The van der Waals surface area contributed by atoms with Crippen molar-refractivity contribution in [1.29, 1.82) is 0 Å². The molecule has 0 aromatic carbocycles. The number of nitrogens with zero attached hydrogens (tertiary/aromatic N) is 1. The van der Waals surface area contributed by atoms with Crippen molar-refractivity contribution in [2.75, 3.05) is 26.2 Å². The normalized spacial score (nSPS) is 23.1. The number of hydrogen-bond acceptors (Lipinski definition) is 4. The van der Waals surface area contributed by atoms with Crippen LogP contribution >= 0.6 is 11.3 Å². The second kappa shape index (κ2) is 6.90. The highest BCUT2D eigenvalue weighted by Crippen LogP contribution is 2.33. The summed E-state index contributed by atoms with van der Waals surface area (Å²) in [7, 11) is 0. The first-order valence-corrected chi connectivity index (χ1v) is 8.81. The monoisotopic (exact) mass is 308 g/mol. The summed E-state index contributed by atoms with van der Waals surface area (Å²) < 4.78 is 5.85. The number of fused-ring (bicyclic) bond motifs is 1. The van der Waals surface area contributed by atoms with Gasteiger partial charge in [0, 0.05) is 11.4 Å². The number of thiophene rings is 1. The van der Waals surface area contributed by atoms with Gasteiger partial charge in [-0.2, -0.15) is 0 Å². The van der Waals surface area contributed by atoms with E-state index in [9.17, 15) is 4.79 Å². The van der Waals surface area contributed by atoms with E-state index < -0.39 is 0 Å². The second-order valence-corrected chi connectivity index (χ2v) is 6.88. The van der Waals surface area contributed by atoms with Crippen LogP contribution in [0.25, 0.3) is 0 Å². The molecule has 1 fully saturated rings. The highest BCUT2D eigenvalue weighted by atomic mass is 32.1. The number of carbonyl (C=O) groups excluding carboxylic acids is 1. The van der Waals surface area contributed by atoms with Crippen LogP contribution in [-0.2, 0) is 16.0 Å². The summed E-state index contributed by atoms with van der Waals surface area (Å²) >= 11 is 1.81. The van der Waals surface area contributed by atoms with E-state index in [0.29, 0.717) is 19.1 Å². The molecule has 1 aromatic rings. The van der Waals surface area contributed by atoms with Crippen molar-refractivity contribution in [3.8, 4) is 0 Å². The van der Waals surface area contributed by atoms with Crippen LogP contribution in [0.2, 0.25) is 0 Å². The topological polar surface area (TPSA) is 41.6 Å². The highest BCUT2D eigenvalue weighted by Gasteiger charge is 2.28. The molecule has 1 aromatic heterocycles. The SMILES string of the molecule is CC1c2ccsc2CCN1C(=O)CCOC1CCNCC1. The molecule has 1 N–H and O–H groups in total. The molecule has 1 unspecified atom stereocenters. The smallest absolute Gasteiger partial charge is 0.225 e. The van der Waals surface area contributed by atoms with E-state index in [-0.39, 0.29) is 11.9 Å². The fourth-order valence-electron chi connectivity index (χ4n) is 3.27. The van der Waals surface area contributed by atoms with Crippen LogP contribution in [0.4, 0.5) is 0 Å². The average molecular weight is 308 g/mol. The van der Waals surface area contributed by atoms with Gasteiger partial charge >= 0.3 is 0 Å². The Bertz CT molecular complexity index is 482. The molecule has 2 aliphatic rings. The molecule has 0 radical (unpaired) electrons. The van der Waals surface area contributed by atoms with Gasteiger partial charge in [-0.25, -0.2) is 0 Å². The number of nitrogens with one attached hydrogen (secondary N) is 1. The number of carbonyl (C=O) groups is 1. The molecule has 1 saturated heterocycles. The largest absolute Gasteiger partial charge is 0.378 e. The van der Waals surface area contributed by atoms with Gasteiger partial charge in [0.05, 0.1) is 25.2 Å². The van der Waals surface area contributed by atoms with Gasteiger partial charge in [-0.3, -0.25) is 4.79 Å². The lowest BCUT2D eigenvalue weighted by atomic mass is 10.0. The summed E-state index contributed by atoms with van der Waals surface area (Å²) in [5, 5.41) is 5.46. The van der Waals surface area contributed by atoms with E-state index in [4.69, 9.17) is 4.74 Å². The third-order valence-corrected chi connectivity index (χ3v) is 5.55. The van der Waals surface area contributed by atoms with Gasteiger partial charge in [-0.05, 0) is 56.3 Å². The molecule has 2 aliphatic heterocycles. The summed E-state index contributed by atoms with van der Waals surface area (Å²) in [6.45, 7) is 5.60.